The van der Waals surface area contributed by atoms with Gasteiger partial charge in [-0.2, -0.15) is 0 Å². The molecule has 372 valence electrons. The highest BCUT2D eigenvalue weighted by Gasteiger charge is 2.19. The van der Waals surface area contributed by atoms with E-state index in [1.807, 2.05) is 0 Å². The van der Waals surface area contributed by atoms with E-state index in [1.54, 1.807) is 0 Å². The first-order valence-corrected chi connectivity index (χ1v) is 28.2. The van der Waals surface area contributed by atoms with E-state index in [0.29, 0.717) is 19.3 Å². The molecule has 0 fully saturated rings. The van der Waals surface area contributed by atoms with Crippen LogP contribution in [-0.4, -0.2) is 37.2 Å². The van der Waals surface area contributed by atoms with Crippen molar-refractivity contribution in [3.05, 3.63) is 12.2 Å². The molecule has 6 heteroatoms. The van der Waals surface area contributed by atoms with Gasteiger partial charge in [-0.3, -0.25) is 14.4 Å². The van der Waals surface area contributed by atoms with Crippen LogP contribution < -0.4 is 0 Å². The maximum atomic E-state index is 12.8. The molecule has 0 aromatic heterocycles. The van der Waals surface area contributed by atoms with Gasteiger partial charge in [0.15, 0.2) is 6.10 Å². The lowest BCUT2D eigenvalue weighted by Crippen LogP contribution is -2.30. The third-order valence-corrected chi connectivity index (χ3v) is 12.8. The van der Waals surface area contributed by atoms with Crippen molar-refractivity contribution < 1.29 is 28.6 Å². The summed E-state index contributed by atoms with van der Waals surface area (Å²) in [5.74, 6) is -0.853. The van der Waals surface area contributed by atoms with Gasteiger partial charge < -0.3 is 14.2 Å². The maximum absolute atomic E-state index is 12.8. The van der Waals surface area contributed by atoms with E-state index >= 15 is 0 Å². The number of ether oxygens (including phenoxy) is 3. The monoisotopic (exact) mass is 889 g/mol. The fourth-order valence-electron chi connectivity index (χ4n) is 8.50. The number of hydrogen-bond acceptors (Lipinski definition) is 6. The van der Waals surface area contributed by atoms with E-state index < -0.39 is 6.10 Å². The fourth-order valence-corrected chi connectivity index (χ4v) is 8.50. The summed E-state index contributed by atoms with van der Waals surface area (Å²) in [4.78, 5) is 38.1. The summed E-state index contributed by atoms with van der Waals surface area (Å²) in [6, 6.07) is 0. The second-order valence-corrected chi connectivity index (χ2v) is 19.2. The molecule has 0 aromatic rings. The van der Waals surface area contributed by atoms with Gasteiger partial charge in [-0.1, -0.05) is 264 Å². The number of unbranched alkanes of at least 4 members (excludes halogenated alkanes) is 39. The predicted molar refractivity (Wildman–Crippen MR) is 270 cm³/mol. The molecule has 0 radical (unpaired) electrons. The predicted octanol–water partition coefficient (Wildman–Crippen LogP) is 18.5. The van der Waals surface area contributed by atoms with Crippen LogP contribution in [0.3, 0.4) is 0 Å². The van der Waals surface area contributed by atoms with Crippen molar-refractivity contribution in [3.8, 4) is 0 Å². The molecule has 0 aromatic carbocycles. The molecule has 0 heterocycles. The number of hydrogen-bond donors (Lipinski definition) is 0. The smallest absolute Gasteiger partial charge is 0.306 e. The number of carbonyl (C=O) groups is 3. The van der Waals surface area contributed by atoms with E-state index in [-0.39, 0.29) is 31.1 Å². The summed E-state index contributed by atoms with van der Waals surface area (Å²) >= 11 is 0. The lowest BCUT2D eigenvalue weighted by atomic mass is 10.0. The Kier molecular flexibility index (Phi) is 51.2. The number of carbonyl (C=O) groups excluding carboxylic acids is 3. The largest absolute Gasteiger partial charge is 0.462 e. The van der Waals surface area contributed by atoms with Crippen LogP contribution in [0.15, 0.2) is 12.2 Å². The van der Waals surface area contributed by atoms with Crippen LogP contribution in [0.1, 0.15) is 316 Å². The maximum Gasteiger partial charge on any atom is 0.306 e. The summed E-state index contributed by atoms with van der Waals surface area (Å²) < 4.78 is 16.9. The highest BCUT2D eigenvalue weighted by Crippen LogP contribution is 2.17. The molecule has 0 bridgehead atoms. The van der Waals surface area contributed by atoms with Gasteiger partial charge in [0.2, 0.25) is 0 Å². The summed E-state index contributed by atoms with van der Waals surface area (Å²) in [5.41, 5.74) is 0. The zero-order chi connectivity index (χ0) is 45.8. The Hall–Kier alpha value is -1.85. The fraction of sp³-hybridized carbons (Fsp3) is 0.912. The molecule has 0 saturated heterocycles. The van der Waals surface area contributed by atoms with Crippen LogP contribution in [0.25, 0.3) is 0 Å². The zero-order valence-corrected chi connectivity index (χ0v) is 42.6. The molecule has 1 unspecified atom stereocenters. The minimum atomic E-state index is -0.767. The summed E-state index contributed by atoms with van der Waals surface area (Å²) in [5, 5.41) is 0. The third kappa shape index (κ3) is 51.0. The van der Waals surface area contributed by atoms with Gasteiger partial charge in [-0.05, 0) is 44.9 Å². The van der Waals surface area contributed by atoms with E-state index in [4.69, 9.17) is 14.2 Å². The van der Waals surface area contributed by atoms with E-state index in [2.05, 4.69) is 32.9 Å². The molecule has 1 atom stereocenters. The molecule has 0 N–H and O–H groups in total. The van der Waals surface area contributed by atoms with E-state index in [1.165, 1.54) is 212 Å². The highest BCUT2D eigenvalue weighted by molar-refractivity contribution is 5.71. The van der Waals surface area contributed by atoms with Gasteiger partial charge >= 0.3 is 17.9 Å². The second-order valence-electron chi connectivity index (χ2n) is 19.2. The summed E-state index contributed by atoms with van der Waals surface area (Å²) in [7, 11) is 0. The molecule has 6 nitrogen and oxygen atoms in total. The van der Waals surface area contributed by atoms with Gasteiger partial charge in [-0.25, -0.2) is 0 Å². The molecule has 0 saturated carbocycles. The van der Waals surface area contributed by atoms with Gasteiger partial charge in [0.25, 0.3) is 0 Å². The molecule has 0 spiro atoms. The van der Waals surface area contributed by atoms with Crippen LogP contribution in [0.4, 0.5) is 0 Å². The standard InChI is InChI=1S/C57H108O6/c1-4-7-10-13-16-19-22-25-27-28-30-33-36-39-42-45-48-51-57(60)63-54(52-61-55(58)49-46-43-40-37-34-31-24-21-18-15-12-9-6-3)53-62-56(59)50-47-44-41-38-35-32-29-26-23-20-17-14-11-8-5-2/h26,29,54H,4-25,27-28,30-53H2,1-3H3. The van der Waals surface area contributed by atoms with Crippen molar-refractivity contribution in [1.29, 1.82) is 0 Å². The number of allylic oxidation sites excluding steroid dienone is 2. The number of esters is 3. The average molecular weight is 889 g/mol. The lowest BCUT2D eigenvalue weighted by Gasteiger charge is -2.18. The zero-order valence-electron chi connectivity index (χ0n) is 42.6. The van der Waals surface area contributed by atoms with Crippen molar-refractivity contribution >= 4 is 17.9 Å². The van der Waals surface area contributed by atoms with Crippen LogP contribution in [0.5, 0.6) is 0 Å². The Morgan fingerprint density at radius 1 is 0.302 bits per heavy atom. The van der Waals surface area contributed by atoms with Gasteiger partial charge in [0, 0.05) is 19.3 Å². The minimum Gasteiger partial charge on any atom is -0.462 e. The van der Waals surface area contributed by atoms with Crippen LogP contribution >= 0.6 is 0 Å². The third-order valence-electron chi connectivity index (χ3n) is 12.8. The van der Waals surface area contributed by atoms with Gasteiger partial charge in [-0.15, -0.1) is 0 Å². The van der Waals surface area contributed by atoms with Crippen LogP contribution in [0, 0.1) is 0 Å². The van der Waals surface area contributed by atoms with Gasteiger partial charge in [0.05, 0.1) is 0 Å². The molecular formula is C57H108O6. The summed E-state index contributed by atoms with van der Waals surface area (Å²) in [6.45, 7) is 6.68. The normalized spacial score (nSPS) is 12.0. The lowest BCUT2D eigenvalue weighted by molar-refractivity contribution is -0.167. The Bertz CT molecular complexity index is 978. The quantitative estimate of drug-likeness (QED) is 0.0262. The van der Waals surface area contributed by atoms with Crippen molar-refractivity contribution in [2.45, 2.75) is 322 Å². The molecule has 0 aliphatic carbocycles. The molecule has 0 aliphatic heterocycles. The molecular weight excluding hydrogens is 781 g/mol. The first-order chi connectivity index (χ1) is 31.0. The van der Waals surface area contributed by atoms with Gasteiger partial charge in [0.1, 0.15) is 13.2 Å². The first kappa shape index (κ1) is 61.1. The SMILES string of the molecule is CCCCCCCCC=CCCCCCCCC(=O)OCC(COC(=O)CCCCCCCCCCCCCCC)OC(=O)CCCCCCCCCCCCCCCCCCC. The van der Waals surface area contributed by atoms with Crippen molar-refractivity contribution in [2.75, 3.05) is 13.2 Å². The molecule has 63 heavy (non-hydrogen) atoms. The molecule has 0 rings (SSSR count). The molecule has 0 amide bonds. The Morgan fingerprint density at radius 2 is 0.524 bits per heavy atom. The van der Waals surface area contributed by atoms with Crippen molar-refractivity contribution in [2.24, 2.45) is 0 Å². The topological polar surface area (TPSA) is 78.9 Å². The Labute approximate surface area is 392 Å². The van der Waals surface area contributed by atoms with Crippen LogP contribution in [0.2, 0.25) is 0 Å². The minimum absolute atomic E-state index is 0.0667. The molecule has 0 aliphatic rings. The van der Waals surface area contributed by atoms with E-state index in [0.717, 1.165) is 64.2 Å². The van der Waals surface area contributed by atoms with E-state index in [9.17, 15) is 14.4 Å². The first-order valence-electron chi connectivity index (χ1n) is 28.2. The average Bonchev–Trinajstić information content (AvgIpc) is 3.28. The summed E-state index contributed by atoms with van der Waals surface area (Å²) in [6.07, 6.45) is 59.1. The Balaban J connectivity index is 4.32. The van der Waals surface area contributed by atoms with Crippen molar-refractivity contribution in [1.82, 2.24) is 0 Å². The highest BCUT2D eigenvalue weighted by atomic mass is 16.6. The van der Waals surface area contributed by atoms with Crippen LogP contribution in [-0.2, 0) is 28.6 Å². The number of rotatable bonds is 52. The Morgan fingerprint density at radius 3 is 0.794 bits per heavy atom. The second kappa shape index (κ2) is 52.8. The van der Waals surface area contributed by atoms with Crippen molar-refractivity contribution in [3.63, 3.8) is 0 Å².